The van der Waals surface area contributed by atoms with Crippen molar-refractivity contribution in [3.05, 3.63) is 36.7 Å². The topological polar surface area (TPSA) is 127 Å². The number of hydrazine groups is 1. The number of amides is 1. The molecule has 0 bridgehead atoms. The molecule has 0 saturated carbocycles. The quantitative estimate of drug-likeness (QED) is 0.554. The molecule has 32 heavy (non-hydrogen) atoms. The molecule has 166 valence electrons. The largest absolute Gasteiger partial charge is 0.494 e. The van der Waals surface area contributed by atoms with E-state index in [1.807, 2.05) is 40.5 Å². The molecule has 11 nitrogen and oxygen atoms in total. The Morgan fingerprint density at radius 2 is 2.19 bits per heavy atom. The van der Waals surface area contributed by atoms with Crippen LogP contribution in [-0.2, 0) is 11.3 Å². The minimum absolute atomic E-state index is 0.0751. The van der Waals surface area contributed by atoms with Crippen molar-refractivity contribution in [1.29, 1.82) is 0 Å². The van der Waals surface area contributed by atoms with Gasteiger partial charge < -0.3 is 20.4 Å². The standard InChI is InChI=1S/C21H25N9O2/c1-32-17-5-2-4-15-19(23-21(22)24-20(15)17)16-13-30(27-25-16)12-14-7-9-29(26-14)11-10-28-8-3-6-18(28)31/h2,4-5,7,9,13-14,26H,3,6,8,10-12H2,1H3,(H2,22,23,24). The summed E-state index contributed by atoms with van der Waals surface area (Å²) >= 11 is 0. The zero-order valence-corrected chi connectivity index (χ0v) is 17.8. The maximum absolute atomic E-state index is 11.8. The number of nitrogens with one attached hydrogen (secondary N) is 1. The number of anilines is 1. The number of para-hydroxylation sites is 1. The summed E-state index contributed by atoms with van der Waals surface area (Å²) in [7, 11) is 1.59. The summed E-state index contributed by atoms with van der Waals surface area (Å²) in [5.74, 6) is 1.02. The SMILES string of the molecule is COc1cccc2c(-c3cn(CC4C=CN(CCN5CCCC5=O)N4)nn3)nc(N)nc12. The Hall–Kier alpha value is -3.73. The van der Waals surface area contributed by atoms with Crippen LogP contribution in [0.15, 0.2) is 36.7 Å². The van der Waals surface area contributed by atoms with Crippen molar-refractivity contribution in [1.82, 2.24) is 40.3 Å². The van der Waals surface area contributed by atoms with E-state index in [0.29, 0.717) is 35.6 Å². The third kappa shape index (κ3) is 3.94. The number of methoxy groups -OCH3 is 1. The van der Waals surface area contributed by atoms with Crippen molar-refractivity contribution >= 4 is 22.8 Å². The summed E-state index contributed by atoms with van der Waals surface area (Å²) in [6, 6.07) is 5.70. The van der Waals surface area contributed by atoms with Crippen LogP contribution < -0.4 is 15.9 Å². The molecular weight excluding hydrogens is 410 g/mol. The highest BCUT2D eigenvalue weighted by molar-refractivity contribution is 5.95. The monoisotopic (exact) mass is 435 g/mol. The molecular formula is C21H25N9O2. The second-order valence-corrected chi connectivity index (χ2v) is 7.87. The first-order valence-electron chi connectivity index (χ1n) is 10.6. The highest BCUT2D eigenvalue weighted by Crippen LogP contribution is 2.30. The minimum atomic E-state index is 0.0751. The lowest BCUT2D eigenvalue weighted by Crippen LogP contribution is -2.42. The van der Waals surface area contributed by atoms with Crippen molar-refractivity contribution in [2.75, 3.05) is 32.5 Å². The van der Waals surface area contributed by atoms with Gasteiger partial charge in [0.15, 0.2) is 0 Å². The zero-order chi connectivity index (χ0) is 22.1. The van der Waals surface area contributed by atoms with Gasteiger partial charge in [0.2, 0.25) is 11.9 Å². The molecule has 3 N–H and O–H groups in total. The van der Waals surface area contributed by atoms with Crippen LogP contribution in [0.5, 0.6) is 5.75 Å². The second-order valence-electron chi connectivity index (χ2n) is 7.87. The number of nitrogen functional groups attached to an aromatic ring is 1. The van der Waals surface area contributed by atoms with Gasteiger partial charge in [-0.1, -0.05) is 17.3 Å². The summed E-state index contributed by atoms with van der Waals surface area (Å²) in [6.45, 7) is 2.93. The number of hydrogen-bond donors (Lipinski definition) is 2. The van der Waals surface area contributed by atoms with Crippen LogP contribution in [0.1, 0.15) is 12.8 Å². The van der Waals surface area contributed by atoms with E-state index < -0.39 is 0 Å². The van der Waals surface area contributed by atoms with E-state index in [9.17, 15) is 4.79 Å². The Balaban J connectivity index is 1.26. The maximum atomic E-state index is 11.8. The molecule has 0 radical (unpaired) electrons. The number of likely N-dealkylation sites (tertiary alicyclic amines) is 1. The summed E-state index contributed by atoms with van der Waals surface area (Å²) in [5.41, 5.74) is 11.2. The highest BCUT2D eigenvalue weighted by Gasteiger charge is 2.22. The summed E-state index contributed by atoms with van der Waals surface area (Å²) in [5, 5.41) is 11.4. The second kappa shape index (κ2) is 8.42. The highest BCUT2D eigenvalue weighted by atomic mass is 16.5. The zero-order valence-electron chi connectivity index (χ0n) is 17.8. The van der Waals surface area contributed by atoms with E-state index in [1.54, 1.807) is 11.8 Å². The number of fused-ring (bicyclic) bond motifs is 1. The molecule has 0 spiro atoms. The Morgan fingerprint density at radius 3 is 3.00 bits per heavy atom. The summed E-state index contributed by atoms with van der Waals surface area (Å²) < 4.78 is 7.18. The third-order valence-electron chi connectivity index (χ3n) is 5.70. The average Bonchev–Trinajstić information content (AvgIpc) is 3.53. The number of carbonyl (C=O) groups excluding carboxylic acids is 1. The number of rotatable bonds is 7. The first kappa shape index (κ1) is 20.2. The van der Waals surface area contributed by atoms with Crippen LogP contribution in [0.3, 0.4) is 0 Å². The fourth-order valence-electron chi connectivity index (χ4n) is 4.12. The third-order valence-corrected chi connectivity index (χ3v) is 5.70. The van der Waals surface area contributed by atoms with Crippen molar-refractivity contribution in [2.24, 2.45) is 0 Å². The lowest BCUT2D eigenvalue weighted by atomic mass is 10.1. The van der Waals surface area contributed by atoms with Crippen molar-refractivity contribution in [3.8, 4) is 17.1 Å². The number of benzene rings is 1. The number of nitrogens with zero attached hydrogens (tertiary/aromatic N) is 7. The number of ether oxygens (including phenoxy) is 1. The normalized spacial score (nSPS) is 18.3. The Morgan fingerprint density at radius 1 is 1.28 bits per heavy atom. The van der Waals surface area contributed by atoms with Gasteiger partial charge >= 0.3 is 0 Å². The Kier molecular flexibility index (Phi) is 5.31. The fourth-order valence-corrected chi connectivity index (χ4v) is 4.12. The number of aromatic nitrogens is 5. The van der Waals surface area contributed by atoms with E-state index in [1.165, 1.54) is 0 Å². The molecule has 0 aliphatic carbocycles. The molecule has 2 aliphatic rings. The molecule has 1 unspecified atom stereocenters. The first-order chi connectivity index (χ1) is 15.6. The molecule has 1 atom stereocenters. The Bertz CT molecular complexity index is 1180. The smallest absolute Gasteiger partial charge is 0.222 e. The summed E-state index contributed by atoms with van der Waals surface area (Å²) in [6.07, 6.45) is 7.56. The van der Waals surface area contributed by atoms with Crippen LogP contribution in [0.2, 0.25) is 0 Å². The molecule has 1 amide bonds. The number of carbonyl (C=O) groups is 1. The maximum Gasteiger partial charge on any atom is 0.222 e. The van der Waals surface area contributed by atoms with E-state index in [-0.39, 0.29) is 17.9 Å². The lowest BCUT2D eigenvalue weighted by molar-refractivity contribution is -0.127. The summed E-state index contributed by atoms with van der Waals surface area (Å²) in [4.78, 5) is 22.4. The molecule has 1 fully saturated rings. The van der Waals surface area contributed by atoms with Gasteiger partial charge in [-0.15, -0.1) is 5.10 Å². The first-order valence-corrected chi connectivity index (χ1v) is 10.6. The van der Waals surface area contributed by atoms with E-state index in [4.69, 9.17) is 10.5 Å². The molecule has 2 aromatic heterocycles. The van der Waals surface area contributed by atoms with Crippen molar-refractivity contribution < 1.29 is 9.53 Å². The van der Waals surface area contributed by atoms with Gasteiger partial charge in [0.1, 0.15) is 22.7 Å². The van der Waals surface area contributed by atoms with Crippen LogP contribution in [-0.4, -0.2) is 73.6 Å². The number of hydrogen-bond acceptors (Lipinski definition) is 9. The van der Waals surface area contributed by atoms with E-state index in [0.717, 1.165) is 31.4 Å². The van der Waals surface area contributed by atoms with Gasteiger partial charge in [-0.3, -0.25) is 4.79 Å². The van der Waals surface area contributed by atoms with E-state index >= 15 is 0 Å². The van der Waals surface area contributed by atoms with Crippen LogP contribution in [0.4, 0.5) is 5.95 Å². The predicted molar refractivity (Wildman–Crippen MR) is 118 cm³/mol. The van der Waals surface area contributed by atoms with Crippen molar-refractivity contribution in [2.45, 2.75) is 25.4 Å². The van der Waals surface area contributed by atoms with Crippen molar-refractivity contribution in [3.63, 3.8) is 0 Å². The molecule has 5 rings (SSSR count). The molecule has 1 aromatic carbocycles. The van der Waals surface area contributed by atoms with Crippen LogP contribution in [0.25, 0.3) is 22.3 Å². The Labute approximate surface area is 184 Å². The minimum Gasteiger partial charge on any atom is -0.494 e. The molecule has 4 heterocycles. The van der Waals surface area contributed by atoms with Crippen LogP contribution >= 0.6 is 0 Å². The van der Waals surface area contributed by atoms with Gasteiger partial charge in [0.25, 0.3) is 0 Å². The van der Waals surface area contributed by atoms with Gasteiger partial charge in [-0.25, -0.2) is 20.1 Å². The average molecular weight is 435 g/mol. The predicted octanol–water partition coefficient (Wildman–Crippen LogP) is 0.804. The van der Waals surface area contributed by atoms with Gasteiger partial charge in [-0.2, -0.15) is 0 Å². The molecule has 11 heteroatoms. The van der Waals surface area contributed by atoms with Gasteiger partial charge in [0, 0.05) is 31.1 Å². The van der Waals surface area contributed by atoms with Gasteiger partial charge in [-0.05, 0) is 18.6 Å². The number of nitrogens with two attached hydrogens (primary N) is 1. The lowest BCUT2D eigenvalue weighted by Gasteiger charge is -2.23. The fraction of sp³-hybridized carbons (Fsp3) is 0.381. The van der Waals surface area contributed by atoms with Crippen LogP contribution in [0, 0.1) is 0 Å². The molecule has 1 saturated heterocycles. The van der Waals surface area contributed by atoms with Gasteiger partial charge in [0.05, 0.1) is 32.4 Å². The molecule has 2 aliphatic heterocycles. The molecule has 3 aromatic rings. The van der Waals surface area contributed by atoms with E-state index in [2.05, 4.69) is 31.8 Å².